The van der Waals surface area contributed by atoms with Crippen LogP contribution in [0.15, 0.2) is 53.5 Å². The Morgan fingerprint density at radius 2 is 2.00 bits per heavy atom. The van der Waals surface area contributed by atoms with Crippen molar-refractivity contribution in [2.75, 3.05) is 32.7 Å². The minimum absolute atomic E-state index is 0.208. The Morgan fingerprint density at radius 3 is 2.74 bits per heavy atom. The molecule has 3 rings (SSSR count). The van der Waals surface area contributed by atoms with E-state index in [1.54, 1.807) is 6.07 Å². The summed E-state index contributed by atoms with van der Waals surface area (Å²) in [4.78, 5) is 19.0. The van der Waals surface area contributed by atoms with Crippen LogP contribution in [0.4, 0.5) is 4.39 Å². The Labute approximate surface area is 188 Å². The maximum Gasteiger partial charge on any atom is 0.223 e. The Balaban J connectivity index is 1.46. The third kappa shape index (κ3) is 7.24. The van der Waals surface area contributed by atoms with Crippen molar-refractivity contribution in [3.8, 4) is 0 Å². The molecule has 7 heteroatoms. The summed E-state index contributed by atoms with van der Waals surface area (Å²) >= 11 is 6.10. The first-order chi connectivity index (χ1) is 15.0. The van der Waals surface area contributed by atoms with Crippen LogP contribution >= 0.6 is 11.6 Å². The van der Waals surface area contributed by atoms with Crippen molar-refractivity contribution in [2.24, 2.45) is 10.9 Å². The highest BCUT2D eigenvalue weighted by Crippen LogP contribution is 2.19. The van der Waals surface area contributed by atoms with Gasteiger partial charge in [0.05, 0.1) is 0 Å². The number of carbonyl (C=O) groups excluding carboxylic acids is 1. The lowest BCUT2D eigenvalue weighted by Gasteiger charge is -2.16. The fourth-order valence-corrected chi connectivity index (χ4v) is 3.96. The largest absolute Gasteiger partial charge is 0.357 e. The second kappa shape index (κ2) is 11.7. The first kappa shape index (κ1) is 23.1. The minimum atomic E-state index is -0.333. The molecule has 0 saturated carbocycles. The number of likely N-dealkylation sites (tertiary alicyclic amines) is 1. The molecule has 31 heavy (non-hydrogen) atoms. The summed E-state index contributed by atoms with van der Waals surface area (Å²) in [6.07, 6.45) is 2.08. The summed E-state index contributed by atoms with van der Waals surface area (Å²) in [6, 6.07) is 14.7. The van der Waals surface area contributed by atoms with Gasteiger partial charge in [-0.25, -0.2) is 4.39 Å². The first-order valence-corrected chi connectivity index (χ1v) is 11.2. The van der Waals surface area contributed by atoms with E-state index in [4.69, 9.17) is 11.6 Å². The van der Waals surface area contributed by atoms with Crippen molar-refractivity contribution in [1.82, 2.24) is 15.5 Å². The number of benzene rings is 2. The molecule has 166 valence electrons. The van der Waals surface area contributed by atoms with E-state index in [1.165, 1.54) is 17.7 Å². The van der Waals surface area contributed by atoms with E-state index in [-0.39, 0.29) is 17.6 Å². The van der Waals surface area contributed by atoms with Crippen molar-refractivity contribution < 1.29 is 9.18 Å². The van der Waals surface area contributed by atoms with Crippen LogP contribution in [0.25, 0.3) is 0 Å². The number of nitrogens with one attached hydrogen (secondary N) is 2. The molecule has 0 bridgehead atoms. The molecular weight excluding hydrogens is 415 g/mol. The van der Waals surface area contributed by atoms with Crippen LogP contribution in [0.3, 0.4) is 0 Å². The monoisotopic (exact) mass is 444 g/mol. The second-order valence-corrected chi connectivity index (χ2v) is 8.18. The molecule has 0 spiro atoms. The van der Waals surface area contributed by atoms with Crippen molar-refractivity contribution >= 4 is 23.5 Å². The number of halogens is 2. The molecule has 0 aliphatic carbocycles. The van der Waals surface area contributed by atoms with Crippen molar-refractivity contribution in [2.45, 2.75) is 26.2 Å². The van der Waals surface area contributed by atoms with Crippen molar-refractivity contribution in [3.05, 3.63) is 70.5 Å². The Kier molecular flexibility index (Phi) is 8.71. The predicted molar refractivity (Wildman–Crippen MR) is 124 cm³/mol. The standard InChI is InChI=1S/C24H30ClFN4O/c1-2-27-24(28-12-10-20-8-9-21(26)15-22(20)25)29-16-19-14-23(31)30(17-19)13-11-18-6-4-3-5-7-18/h3-9,15,19H,2,10-14,16-17H2,1H3,(H2,27,28,29). The molecule has 1 atom stereocenters. The second-order valence-electron chi connectivity index (χ2n) is 7.78. The number of amides is 1. The molecular formula is C24H30ClFN4O. The van der Waals surface area contributed by atoms with E-state index >= 15 is 0 Å². The number of guanidine groups is 1. The molecule has 0 aromatic heterocycles. The van der Waals surface area contributed by atoms with Gasteiger partial charge in [-0.05, 0) is 43.0 Å². The van der Waals surface area contributed by atoms with E-state index in [0.29, 0.717) is 31.0 Å². The van der Waals surface area contributed by atoms with Crippen molar-refractivity contribution in [3.63, 3.8) is 0 Å². The summed E-state index contributed by atoms with van der Waals surface area (Å²) in [5.41, 5.74) is 2.14. The van der Waals surface area contributed by atoms with Gasteiger partial charge < -0.3 is 15.5 Å². The van der Waals surface area contributed by atoms with Crippen LogP contribution in [0.2, 0.25) is 5.02 Å². The SMILES string of the molecule is CCNC(=NCC1CC(=O)N(CCc2ccccc2)C1)NCCc1ccc(F)cc1Cl. The Hall–Kier alpha value is -2.60. The lowest BCUT2D eigenvalue weighted by Crippen LogP contribution is -2.38. The van der Waals surface area contributed by atoms with Gasteiger partial charge >= 0.3 is 0 Å². The van der Waals surface area contributed by atoms with Gasteiger partial charge in [0.15, 0.2) is 5.96 Å². The van der Waals surface area contributed by atoms with Gasteiger partial charge in [0.25, 0.3) is 0 Å². The molecule has 1 saturated heterocycles. The summed E-state index contributed by atoms with van der Waals surface area (Å²) < 4.78 is 13.2. The zero-order valence-corrected chi connectivity index (χ0v) is 18.7. The molecule has 2 aromatic carbocycles. The topological polar surface area (TPSA) is 56.7 Å². The van der Waals surface area contributed by atoms with Crippen LogP contribution in [0, 0.1) is 11.7 Å². The average Bonchev–Trinajstić information content (AvgIpc) is 3.12. The molecule has 1 aliphatic heterocycles. The van der Waals surface area contributed by atoms with Crippen LogP contribution in [-0.4, -0.2) is 49.5 Å². The third-order valence-electron chi connectivity index (χ3n) is 5.36. The van der Waals surface area contributed by atoms with Crippen LogP contribution < -0.4 is 10.6 Å². The molecule has 1 fully saturated rings. The number of aliphatic imine (C=N–C) groups is 1. The lowest BCUT2D eigenvalue weighted by atomic mass is 10.1. The fraction of sp³-hybridized carbons (Fsp3) is 0.417. The molecule has 1 unspecified atom stereocenters. The van der Waals surface area contributed by atoms with Crippen LogP contribution in [0.1, 0.15) is 24.5 Å². The highest BCUT2D eigenvalue weighted by atomic mass is 35.5. The number of carbonyl (C=O) groups is 1. The van der Waals surface area contributed by atoms with Gasteiger partial charge in [0.2, 0.25) is 5.91 Å². The maximum absolute atomic E-state index is 13.2. The Morgan fingerprint density at radius 1 is 1.19 bits per heavy atom. The van der Waals surface area contributed by atoms with Crippen LogP contribution in [0.5, 0.6) is 0 Å². The third-order valence-corrected chi connectivity index (χ3v) is 5.71. The molecule has 1 amide bonds. The lowest BCUT2D eigenvalue weighted by molar-refractivity contribution is -0.127. The first-order valence-electron chi connectivity index (χ1n) is 10.8. The molecule has 5 nitrogen and oxygen atoms in total. The van der Waals surface area contributed by atoms with Gasteiger partial charge in [-0.1, -0.05) is 48.0 Å². The molecule has 2 N–H and O–H groups in total. The normalized spacial score (nSPS) is 16.6. The summed E-state index contributed by atoms with van der Waals surface area (Å²) in [5, 5.41) is 6.96. The zero-order chi connectivity index (χ0) is 22.1. The van der Waals surface area contributed by atoms with Gasteiger partial charge in [-0.3, -0.25) is 9.79 Å². The highest BCUT2D eigenvalue weighted by molar-refractivity contribution is 6.31. The van der Waals surface area contributed by atoms with Gasteiger partial charge in [0, 0.05) is 50.1 Å². The highest BCUT2D eigenvalue weighted by Gasteiger charge is 2.29. The van der Waals surface area contributed by atoms with E-state index in [1.807, 2.05) is 30.0 Å². The predicted octanol–water partition coefficient (Wildman–Crippen LogP) is 3.67. The quantitative estimate of drug-likeness (QED) is 0.458. The maximum atomic E-state index is 13.2. The van der Waals surface area contributed by atoms with Gasteiger partial charge in [-0.2, -0.15) is 0 Å². The molecule has 2 aromatic rings. The molecule has 0 radical (unpaired) electrons. The van der Waals surface area contributed by atoms with Crippen LogP contribution in [-0.2, 0) is 17.6 Å². The average molecular weight is 445 g/mol. The number of hydrogen-bond donors (Lipinski definition) is 2. The zero-order valence-electron chi connectivity index (χ0n) is 17.9. The summed E-state index contributed by atoms with van der Waals surface area (Å²) in [7, 11) is 0. The van der Waals surface area contributed by atoms with E-state index in [0.717, 1.165) is 37.6 Å². The number of nitrogens with zero attached hydrogens (tertiary/aromatic N) is 2. The number of hydrogen-bond acceptors (Lipinski definition) is 2. The summed E-state index contributed by atoms with van der Waals surface area (Å²) in [5.74, 6) is 0.821. The smallest absolute Gasteiger partial charge is 0.223 e. The van der Waals surface area contributed by atoms with E-state index in [9.17, 15) is 9.18 Å². The molecule has 1 aliphatic rings. The van der Waals surface area contributed by atoms with Gasteiger partial charge in [0.1, 0.15) is 5.82 Å². The van der Waals surface area contributed by atoms with Gasteiger partial charge in [-0.15, -0.1) is 0 Å². The number of rotatable bonds is 9. The van der Waals surface area contributed by atoms with E-state index < -0.39 is 0 Å². The fourth-order valence-electron chi connectivity index (χ4n) is 3.70. The van der Waals surface area contributed by atoms with Crippen molar-refractivity contribution in [1.29, 1.82) is 0 Å². The minimum Gasteiger partial charge on any atom is -0.357 e. The summed E-state index contributed by atoms with van der Waals surface area (Å²) in [6.45, 7) is 5.48. The Bertz CT molecular complexity index is 890. The molecule has 1 heterocycles. The van der Waals surface area contributed by atoms with E-state index in [2.05, 4.69) is 27.8 Å².